The largest absolute Gasteiger partial charge is 0.524 e. The van der Waals surface area contributed by atoms with E-state index < -0.39 is 0 Å². The summed E-state index contributed by atoms with van der Waals surface area (Å²) in [6.07, 6.45) is 12.3. The summed E-state index contributed by atoms with van der Waals surface area (Å²) >= 11 is 0. The lowest BCUT2D eigenvalue weighted by molar-refractivity contribution is -0.760. The maximum absolute atomic E-state index is 10.5. The summed E-state index contributed by atoms with van der Waals surface area (Å²) in [4.78, 5) is 1.15. The molecule has 0 saturated heterocycles. The monoisotopic (exact) mass is 617 g/mol. The lowest BCUT2D eigenvalue weighted by Gasteiger charge is -2.06. The molecule has 0 amide bonds. The molecule has 6 rings (SSSR count). The van der Waals surface area contributed by atoms with Crippen LogP contribution in [0.25, 0.3) is 21.5 Å². The molecule has 46 heavy (non-hydrogen) atoms. The highest BCUT2D eigenvalue weighted by molar-refractivity contribution is 5.96. The summed E-state index contributed by atoms with van der Waals surface area (Å²) in [5, 5.41) is 43.1. The Hall–Kier alpha value is -5.22. The Labute approximate surface area is 268 Å². The molecule has 0 aliphatic carbocycles. The Bertz CT molecular complexity index is 2030. The first-order chi connectivity index (χ1) is 22.3. The Morgan fingerprint density at radius 1 is 0.717 bits per heavy atom. The maximum atomic E-state index is 10.5. The van der Waals surface area contributed by atoms with Gasteiger partial charge in [0.1, 0.15) is 29.0 Å². The molecule has 10 heteroatoms. The number of aryl methyl sites for hydroxylation is 4. The molecule has 2 heterocycles. The summed E-state index contributed by atoms with van der Waals surface area (Å²) in [6, 6.07) is 19.4. The number of fused-ring (bicyclic) bond motifs is 2. The zero-order valence-corrected chi connectivity index (χ0v) is 26.9. The van der Waals surface area contributed by atoms with Gasteiger partial charge < -0.3 is 10.2 Å². The first-order valence-corrected chi connectivity index (χ1v) is 15.8. The number of aromatic hydroxyl groups is 2. The lowest BCUT2D eigenvalue weighted by atomic mass is 10.1. The molecule has 1 aliphatic rings. The Kier molecular flexibility index (Phi) is 8.98. The van der Waals surface area contributed by atoms with Crippen LogP contribution in [-0.2, 0) is 13.6 Å². The molecular weight excluding hydrogens is 576 g/mol. The number of aromatic nitrogens is 2. The molecule has 5 aromatic rings. The van der Waals surface area contributed by atoms with Crippen molar-refractivity contribution in [1.82, 2.24) is 4.57 Å². The number of hydrogen-bond donors (Lipinski definition) is 3. The second kappa shape index (κ2) is 13.4. The number of phenolic OH excluding ortho intramolecular Hbond substituents is 2. The van der Waals surface area contributed by atoms with Crippen LogP contribution in [-0.4, -0.2) is 38.9 Å². The van der Waals surface area contributed by atoms with Gasteiger partial charge in [0, 0.05) is 15.9 Å². The second-order valence-electron chi connectivity index (χ2n) is 12.1. The van der Waals surface area contributed by atoms with Gasteiger partial charge in [0.25, 0.3) is 0 Å². The normalized spacial score (nSPS) is 15.1. The molecule has 1 aliphatic heterocycles. The van der Waals surface area contributed by atoms with E-state index in [-0.39, 0.29) is 11.5 Å². The van der Waals surface area contributed by atoms with E-state index in [0.29, 0.717) is 11.4 Å². The van der Waals surface area contributed by atoms with Crippen LogP contribution in [0.2, 0.25) is 0 Å². The van der Waals surface area contributed by atoms with E-state index in [4.69, 9.17) is 0 Å². The van der Waals surface area contributed by atoms with Gasteiger partial charge in [-0.05, 0) is 73.3 Å². The third-order valence-corrected chi connectivity index (χ3v) is 8.50. The first kappa shape index (κ1) is 30.8. The van der Waals surface area contributed by atoms with Crippen LogP contribution in [0.5, 0.6) is 11.5 Å². The molecular formula is C36H41N8O2+3. The molecule has 0 fully saturated rings. The number of benzene rings is 4. The minimum atomic E-state index is 0.118. The number of unbranched alkanes of at least 4 members (excludes halogenated alkanes) is 3. The fraction of sp³-hybridized carbons (Fsp3) is 0.278. The van der Waals surface area contributed by atoms with Crippen molar-refractivity contribution in [3.63, 3.8) is 0 Å². The average molecular weight is 618 g/mol. The lowest BCUT2D eigenvalue weighted by Crippen LogP contribution is -3.09. The van der Waals surface area contributed by atoms with Gasteiger partial charge in [0.15, 0.2) is 11.4 Å². The molecule has 1 atom stereocenters. The minimum absolute atomic E-state index is 0.118. The highest BCUT2D eigenvalue weighted by Crippen LogP contribution is 2.37. The van der Waals surface area contributed by atoms with Crippen molar-refractivity contribution < 1.29 is 24.3 Å². The van der Waals surface area contributed by atoms with Crippen LogP contribution in [0, 0.1) is 13.8 Å². The SMILES string of the molecule is Cc1ccc2ccc(O)c(N=NC3=[N+](C)C=C[NH+]3CCCCCCn3cc[n+](C)c3N=Nc3c(O)ccc4ccc(C)cc34)c2c1. The van der Waals surface area contributed by atoms with Gasteiger partial charge in [-0.1, -0.05) is 59.1 Å². The molecule has 234 valence electrons. The molecule has 1 aromatic heterocycles. The summed E-state index contributed by atoms with van der Waals surface area (Å²) in [5.41, 5.74) is 3.19. The zero-order valence-electron chi connectivity index (χ0n) is 26.9. The molecule has 10 nitrogen and oxygen atoms in total. The maximum Gasteiger partial charge on any atom is 0.524 e. The van der Waals surface area contributed by atoms with E-state index in [2.05, 4.69) is 43.4 Å². The Morgan fingerprint density at radius 3 is 1.96 bits per heavy atom. The van der Waals surface area contributed by atoms with Crippen molar-refractivity contribution in [2.45, 2.75) is 46.1 Å². The smallest absolute Gasteiger partial charge is 0.506 e. The topological polar surface area (TPSA) is 106 Å². The predicted molar refractivity (Wildman–Crippen MR) is 180 cm³/mol. The zero-order chi connectivity index (χ0) is 32.2. The van der Waals surface area contributed by atoms with Gasteiger partial charge in [0.05, 0.1) is 39.6 Å². The number of guanidine groups is 1. The van der Waals surface area contributed by atoms with Crippen LogP contribution in [0.15, 0.2) is 106 Å². The first-order valence-electron chi connectivity index (χ1n) is 15.8. The number of nitrogens with one attached hydrogen (secondary N) is 1. The third kappa shape index (κ3) is 6.57. The summed E-state index contributed by atoms with van der Waals surface area (Å²) < 4.78 is 6.03. The number of nitrogens with zero attached hydrogens (tertiary/aromatic N) is 7. The number of phenols is 2. The summed E-state index contributed by atoms with van der Waals surface area (Å²) in [5.74, 6) is 1.79. The van der Waals surface area contributed by atoms with Crippen LogP contribution in [0.4, 0.5) is 17.3 Å². The predicted octanol–water partition coefficient (Wildman–Crippen LogP) is 6.77. The number of quaternary nitrogens is 1. The van der Waals surface area contributed by atoms with Gasteiger partial charge >= 0.3 is 11.9 Å². The number of rotatable bonds is 10. The van der Waals surface area contributed by atoms with Gasteiger partial charge in [-0.15, -0.1) is 0 Å². The summed E-state index contributed by atoms with van der Waals surface area (Å²) in [7, 11) is 3.93. The molecule has 0 spiro atoms. The summed E-state index contributed by atoms with van der Waals surface area (Å²) in [6.45, 7) is 5.79. The van der Waals surface area contributed by atoms with Gasteiger partial charge in [0.2, 0.25) is 0 Å². The van der Waals surface area contributed by atoms with Crippen LogP contribution in [0.1, 0.15) is 36.8 Å². The van der Waals surface area contributed by atoms with Gasteiger partial charge in [-0.3, -0.25) is 0 Å². The number of azo groups is 2. The van der Waals surface area contributed by atoms with Crippen LogP contribution < -0.4 is 9.47 Å². The van der Waals surface area contributed by atoms with Crippen molar-refractivity contribution in [3.05, 3.63) is 96.6 Å². The van der Waals surface area contributed by atoms with E-state index in [1.54, 1.807) is 12.1 Å². The quantitative estimate of drug-likeness (QED) is 0.0914. The van der Waals surface area contributed by atoms with Crippen molar-refractivity contribution in [2.75, 3.05) is 13.6 Å². The van der Waals surface area contributed by atoms with E-state index in [1.165, 1.54) is 0 Å². The third-order valence-electron chi connectivity index (χ3n) is 8.50. The molecule has 4 aromatic carbocycles. The standard InChI is InChI=1S/C36H38N8O2/c1-25-9-11-27-13-15-31(45)33(29(27)23-25)37-39-35-41(3)19-21-43(35)17-7-5-6-8-18-44-22-20-42(4)36(44)40-38-34-30-24-26(2)10-12-28(30)14-16-32(34)46/h9-16,19-24H,5-8,17-18H2,1-4H3/p+3. The van der Waals surface area contributed by atoms with Gasteiger partial charge in [-0.25, -0.2) is 9.13 Å². The fourth-order valence-corrected chi connectivity index (χ4v) is 5.89. The number of imidazole rings is 1. The fourth-order valence-electron chi connectivity index (χ4n) is 5.89. The molecule has 1 unspecified atom stereocenters. The molecule has 0 radical (unpaired) electrons. The van der Waals surface area contributed by atoms with Crippen LogP contribution in [0.3, 0.4) is 0 Å². The number of hydrogen-bond acceptors (Lipinski definition) is 6. The van der Waals surface area contributed by atoms with Crippen LogP contribution >= 0.6 is 0 Å². The van der Waals surface area contributed by atoms with Crippen molar-refractivity contribution in [1.29, 1.82) is 0 Å². The van der Waals surface area contributed by atoms with E-state index in [0.717, 1.165) is 88.3 Å². The minimum Gasteiger partial charge on any atom is -0.506 e. The molecule has 3 N–H and O–H groups in total. The highest BCUT2D eigenvalue weighted by atomic mass is 16.3. The van der Waals surface area contributed by atoms with Crippen molar-refractivity contribution in [2.24, 2.45) is 27.5 Å². The molecule has 0 saturated carbocycles. The average Bonchev–Trinajstić information content (AvgIpc) is 3.58. The second-order valence-corrected chi connectivity index (χ2v) is 12.1. The van der Waals surface area contributed by atoms with E-state index >= 15 is 0 Å². The van der Waals surface area contributed by atoms with Crippen molar-refractivity contribution in [3.8, 4) is 11.5 Å². The Balaban J connectivity index is 1.04. The van der Waals surface area contributed by atoms with E-state index in [1.807, 2.05) is 92.1 Å². The molecule has 0 bridgehead atoms. The van der Waals surface area contributed by atoms with Crippen molar-refractivity contribution >= 4 is 44.8 Å². The Morgan fingerprint density at radius 2 is 1.30 bits per heavy atom. The highest BCUT2D eigenvalue weighted by Gasteiger charge is 2.30. The van der Waals surface area contributed by atoms with E-state index in [9.17, 15) is 10.2 Å². The van der Waals surface area contributed by atoms with Gasteiger partial charge in [-0.2, -0.15) is 9.48 Å².